The largest absolute Gasteiger partial charge is 0.350 e. The highest BCUT2D eigenvalue weighted by molar-refractivity contribution is 6.30. The zero-order valence-corrected chi connectivity index (χ0v) is 20.1. The maximum atomic E-state index is 13.7. The van der Waals surface area contributed by atoms with Gasteiger partial charge in [0.2, 0.25) is 5.91 Å². The van der Waals surface area contributed by atoms with Crippen LogP contribution in [-0.2, 0) is 24.4 Å². The second kappa shape index (κ2) is 9.19. The number of amides is 3. The van der Waals surface area contributed by atoms with Gasteiger partial charge >= 0.3 is 0 Å². The highest BCUT2D eigenvalue weighted by Gasteiger charge is 2.53. The van der Waals surface area contributed by atoms with Gasteiger partial charge in [-0.2, -0.15) is 0 Å². The van der Waals surface area contributed by atoms with Crippen molar-refractivity contribution < 1.29 is 14.4 Å². The first-order valence-corrected chi connectivity index (χ1v) is 12.0. The molecule has 5 rings (SSSR count). The van der Waals surface area contributed by atoms with Crippen molar-refractivity contribution in [2.24, 2.45) is 0 Å². The van der Waals surface area contributed by atoms with Gasteiger partial charge in [-0.05, 0) is 43.0 Å². The van der Waals surface area contributed by atoms with Crippen molar-refractivity contribution in [1.29, 1.82) is 0 Å². The first-order chi connectivity index (χ1) is 16.9. The van der Waals surface area contributed by atoms with Gasteiger partial charge in [0.15, 0.2) is 5.69 Å². The summed E-state index contributed by atoms with van der Waals surface area (Å²) >= 11 is 5.92. The molecule has 0 bridgehead atoms. The molecule has 1 saturated carbocycles. The van der Waals surface area contributed by atoms with E-state index >= 15 is 0 Å². The summed E-state index contributed by atoms with van der Waals surface area (Å²) in [6, 6.07) is 16.8. The Hall–Kier alpha value is -3.65. The Bertz CT molecular complexity index is 1270. The zero-order chi connectivity index (χ0) is 24.6. The molecule has 0 saturated heterocycles. The van der Waals surface area contributed by atoms with Crippen molar-refractivity contribution in [3.05, 3.63) is 88.5 Å². The fraction of sp³-hybridized carbons (Fsp3) is 0.308. The molecule has 9 heteroatoms. The molecule has 3 amide bonds. The third-order valence-electron chi connectivity index (χ3n) is 6.55. The van der Waals surface area contributed by atoms with Crippen molar-refractivity contribution in [2.45, 2.75) is 51.0 Å². The van der Waals surface area contributed by atoms with Crippen molar-refractivity contribution in [3.8, 4) is 0 Å². The van der Waals surface area contributed by atoms with Gasteiger partial charge in [-0.15, -0.1) is 0 Å². The van der Waals surface area contributed by atoms with Crippen LogP contribution in [0.4, 0.5) is 0 Å². The molecule has 1 aromatic heterocycles. The summed E-state index contributed by atoms with van der Waals surface area (Å²) in [7, 11) is 0. The van der Waals surface area contributed by atoms with Gasteiger partial charge < -0.3 is 20.1 Å². The lowest BCUT2D eigenvalue weighted by molar-refractivity contribution is -0.133. The summed E-state index contributed by atoms with van der Waals surface area (Å²) in [6.07, 6.45) is 3.14. The van der Waals surface area contributed by atoms with Crippen LogP contribution >= 0.6 is 11.6 Å². The first-order valence-electron chi connectivity index (χ1n) is 11.6. The normalized spacial score (nSPS) is 19.3. The number of hydrogen-bond acceptors (Lipinski definition) is 4. The SMILES string of the molecule is CC1(C(=O)NCc2ccccc2)Cn2cnc(C(=O)NCc3ccc(Cl)cc3)c2C(=O)N1C1CC1. The lowest BCUT2D eigenvalue weighted by Gasteiger charge is -2.44. The van der Waals surface area contributed by atoms with Crippen LogP contribution < -0.4 is 10.6 Å². The van der Waals surface area contributed by atoms with E-state index in [-0.39, 0.29) is 42.3 Å². The monoisotopic (exact) mass is 491 g/mol. The van der Waals surface area contributed by atoms with Gasteiger partial charge in [-0.25, -0.2) is 4.98 Å². The second-order valence-corrected chi connectivity index (χ2v) is 9.66. The van der Waals surface area contributed by atoms with E-state index in [1.54, 1.807) is 28.5 Å². The highest BCUT2D eigenvalue weighted by atomic mass is 35.5. The Kier molecular flexibility index (Phi) is 6.06. The summed E-state index contributed by atoms with van der Waals surface area (Å²) in [4.78, 5) is 45.9. The van der Waals surface area contributed by atoms with E-state index in [2.05, 4.69) is 15.6 Å². The lowest BCUT2D eigenvalue weighted by atomic mass is 9.93. The molecule has 1 unspecified atom stereocenters. The molecular weight excluding hydrogens is 466 g/mol. The zero-order valence-electron chi connectivity index (χ0n) is 19.3. The number of benzene rings is 2. The van der Waals surface area contributed by atoms with Crippen LogP contribution in [0, 0.1) is 0 Å². The smallest absolute Gasteiger partial charge is 0.274 e. The Morgan fingerprint density at radius 3 is 2.37 bits per heavy atom. The fourth-order valence-corrected chi connectivity index (χ4v) is 4.68. The molecule has 1 atom stereocenters. The van der Waals surface area contributed by atoms with Crippen LogP contribution in [0.25, 0.3) is 0 Å². The van der Waals surface area contributed by atoms with Crippen LogP contribution in [-0.4, -0.2) is 43.8 Å². The third kappa shape index (κ3) is 4.53. The standard InChI is InChI=1S/C26H26ClN5O3/c1-26(25(35)29-14-17-5-3-2-4-6-17)15-31-16-30-21(22(31)24(34)32(26)20-11-12-20)23(33)28-13-18-7-9-19(27)10-8-18/h2-10,16,20H,11-15H2,1H3,(H,28,33)(H,29,35). The minimum Gasteiger partial charge on any atom is -0.350 e. The number of carbonyl (C=O) groups excluding carboxylic acids is 3. The van der Waals surface area contributed by atoms with Crippen molar-refractivity contribution in [1.82, 2.24) is 25.1 Å². The number of imidazole rings is 1. The van der Waals surface area contributed by atoms with Crippen molar-refractivity contribution >= 4 is 29.3 Å². The van der Waals surface area contributed by atoms with Crippen LogP contribution in [0.15, 0.2) is 60.9 Å². The van der Waals surface area contributed by atoms with Crippen molar-refractivity contribution in [2.75, 3.05) is 0 Å². The average Bonchev–Trinajstić information content (AvgIpc) is 3.60. The lowest BCUT2D eigenvalue weighted by Crippen LogP contribution is -2.64. The number of carbonyl (C=O) groups is 3. The molecule has 8 nitrogen and oxygen atoms in total. The summed E-state index contributed by atoms with van der Waals surface area (Å²) < 4.78 is 1.63. The molecule has 2 aliphatic rings. The van der Waals surface area contributed by atoms with Crippen LogP contribution in [0.5, 0.6) is 0 Å². The number of fused-ring (bicyclic) bond motifs is 1. The first kappa shape index (κ1) is 23.1. The maximum Gasteiger partial charge on any atom is 0.274 e. The molecule has 2 N–H and O–H groups in total. The molecular formula is C26H26ClN5O3. The van der Waals surface area contributed by atoms with Crippen LogP contribution in [0.1, 0.15) is 51.9 Å². The maximum absolute atomic E-state index is 13.7. The number of hydrogen-bond donors (Lipinski definition) is 2. The Labute approximate surface area is 208 Å². The van der Waals surface area contributed by atoms with Gasteiger partial charge in [0.25, 0.3) is 11.8 Å². The van der Waals surface area contributed by atoms with Gasteiger partial charge in [0.1, 0.15) is 11.2 Å². The van der Waals surface area contributed by atoms with E-state index in [1.807, 2.05) is 42.5 Å². The van der Waals surface area contributed by atoms with Crippen LogP contribution in [0.3, 0.4) is 0 Å². The number of rotatable bonds is 7. The van der Waals surface area contributed by atoms with Crippen molar-refractivity contribution in [3.63, 3.8) is 0 Å². The molecule has 1 fully saturated rings. The predicted octanol–water partition coefficient (Wildman–Crippen LogP) is 3.16. The molecule has 2 aromatic carbocycles. The molecule has 0 radical (unpaired) electrons. The number of halogens is 1. The molecule has 180 valence electrons. The van der Waals surface area contributed by atoms with E-state index < -0.39 is 11.4 Å². The van der Waals surface area contributed by atoms with E-state index in [0.717, 1.165) is 24.0 Å². The third-order valence-corrected chi connectivity index (χ3v) is 6.80. The summed E-state index contributed by atoms with van der Waals surface area (Å²) in [6.45, 7) is 2.66. The Morgan fingerprint density at radius 2 is 1.69 bits per heavy atom. The topological polar surface area (TPSA) is 96.3 Å². The number of nitrogens with one attached hydrogen (secondary N) is 2. The minimum absolute atomic E-state index is 0.0244. The Morgan fingerprint density at radius 1 is 1.03 bits per heavy atom. The molecule has 1 aliphatic heterocycles. The van der Waals surface area contributed by atoms with E-state index in [4.69, 9.17) is 11.6 Å². The summed E-state index contributed by atoms with van der Waals surface area (Å²) in [5.74, 6) is -1.00. The van der Waals surface area contributed by atoms with Gasteiger partial charge in [-0.3, -0.25) is 14.4 Å². The minimum atomic E-state index is -1.09. The second-order valence-electron chi connectivity index (χ2n) is 9.23. The predicted molar refractivity (Wildman–Crippen MR) is 131 cm³/mol. The van der Waals surface area contributed by atoms with E-state index in [0.29, 0.717) is 11.6 Å². The molecule has 1 aliphatic carbocycles. The summed E-state index contributed by atoms with van der Waals surface area (Å²) in [5.41, 5.74) is 1.06. The molecule has 3 aromatic rings. The van der Waals surface area contributed by atoms with Crippen LogP contribution in [0.2, 0.25) is 5.02 Å². The quantitative estimate of drug-likeness (QED) is 0.530. The number of nitrogens with zero attached hydrogens (tertiary/aromatic N) is 3. The van der Waals surface area contributed by atoms with Gasteiger partial charge in [0.05, 0.1) is 12.9 Å². The number of aromatic nitrogens is 2. The van der Waals surface area contributed by atoms with E-state index in [9.17, 15) is 14.4 Å². The molecule has 0 spiro atoms. The van der Waals surface area contributed by atoms with Gasteiger partial charge in [0, 0.05) is 24.2 Å². The van der Waals surface area contributed by atoms with E-state index in [1.165, 1.54) is 6.33 Å². The Balaban J connectivity index is 1.36. The molecule has 35 heavy (non-hydrogen) atoms. The average molecular weight is 492 g/mol. The van der Waals surface area contributed by atoms with Gasteiger partial charge in [-0.1, -0.05) is 54.1 Å². The molecule has 2 heterocycles. The summed E-state index contributed by atoms with van der Waals surface area (Å²) in [5, 5.41) is 6.43. The highest BCUT2D eigenvalue weighted by Crippen LogP contribution is 2.38. The fourth-order valence-electron chi connectivity index (χ4n) is 4.56.